The number of halogens is 4. The molecule has 0 saturated heterocycles. The minimum absolute atomic E-state index is 0.0258. The van der Waals surface area contributed by atoms with E-state index in [-0.39, 0.29) is 32.8 Å². The number of sulfonamides is 1. The summed E-state index contributed by atoms with van der Waals surface area (Å²) in [6, 6.07) is 12.5. The Bertz CT molecular complexity index is 1650. The van der Waals surface area contributed by atoms with Crippen LogP contribution in [0.5, 0.6) is 5.88 Å². The molecule has 0 atom stereocenters. The van der Waals surface area contributed by atoms with E-state index in [0.717, 1.165) is 12.1 Å². The number of rotatable bonds is 7. The first-order valence-corrected chi connectivity index (χ1v) is 12.2. The molecule has 4 N–H and O–H groups in total. The van der Waals surface area contributed by atoms with Crippen LogP contribution in [0.2, 0.25) is 5.02 Å². The second kappa shape index (κ2) is 9.84. The van der Waals surface area contributed by atoms with Crippen molar-refractivity contribution in [1.82, 2.24) is 9.71 Å². The lowest BCUT2D eigenvalue weighted by molar-refractivity contribution is -0.137. The van der Waals surface area contributed by atoms with E-state index in [1.54, 1.807) is 0 Å². The van der Waals surface area contributed by atoms with Crippen LogP contribution in [-0.2, 0) is 22.7 Å². The van der Waals surface area contributed by atoms with Crippen molar-refractivity contribution in [3.63, 3.8) is 0 Å². The SMILES string of the molecule is O=C(O)c1cccc(N=Nc2c(O)[nH]c3ccc(S(=O)(=O)NCc4ccc(Cl)c(C(F)(F)F)c4)cc23)c1. The third kappa shape index (κ3) is 5.74. The second-order valence-corrected chi connectivity index (χ2v) is 9.90. The van der Waals surface area contributed by atoms with Crippen molar-refractivity contribution in [2.75, 3.05) is 0 Å². The van der Waals surface area contributed by atoms with Crippen molar-refractivity contribution in [3.8, 4) is 5.88 Å². The van der Waals surface area contributed by atoms with E-state index in [2.05, 4.69) is 19.9 Å². The van der Waals surface area contributed by atoms with E-state index in [4.69, 9.17) is 16.7 Å². The first kappa shape index (κ1) is 26.1. The van der Waals surface area contributed by atoms with Gasteiger partial charge < -0.3 is 15.2 Å². The van der Waals surface area contributed by atoms with Gasteiger partial charge in [0.05, 0.1) is 32.2 Å². The first-order chi connectivity index (χ1) is 17.3. The monoisotopic (exact) mass is 552 g/mol. The first-order valence-electron chi connectivity index (χ1n) is 10.3. The number of aromatic hydroxyl groups is 1. The van der Waals surface area contributed by atoms with Gasteiger partial charge in [0.1, 0.15) is 0 Å². The maximum Gasteiger partial charge on any atom is 0.417 e. The molecule has 0 unspecified atom stereocenters. The fourth-order valence-corrected chi connectivity index (χ4v) is 4.65. The highest BCUT2D eigenvalue weighted by Gasteiger charge is 2.33. The second-order valence-electron chi connectivity index (χ2n) is 7.72. The lowest BCUT2D eigenvalue weighted by Gasteiger charge is -2.12. The third-order valence-corrected chi connectivity index (χ3v) is 6.92. The van der Waals surface area contributed by atoms with Gasteiger partial charge in [0, 0.05) is 11.9 Å². The number of benzene rings is 3. The average Bonchev–Trinajstić information content (AvgIpc) is 3.15. The molecule has 0 aliphatic heterocycles. The summed E-state index contributed by atoms with van der Waals surface area (Å²) >= 11 is 5.60. The summed E-state index contributed by atoms with van der Waals surface area (Å²) < 4.78 is 67.2. The van der Waals surface area contributed by atoms with Gasteiger partial charge in [-0.2, -0.15) is 18.3 Å². The molecular formula is C23H16ClF3N4O5S. The summed E-state index contributed by atoms with van der Waals surface area (Å²) in [5, 5.41) is 26.9. The lowest BCUT2D eigenvalue weighted by Crippen LogP contribution is -2.23. The Labute approximate surface area is 212 Å². The number of nitrogens with zero attached hydrogens (tertiary/aromatic N) is 2. The number of aromatic carboxylic acids is 1. The molecule has 3 aromatic carbocycles. The number of aromatic amines is 1. The molecule has 0 spiro atoms. The fourth-order valence-electron chi connectivity index (χ4n) is 3.38. The highest BCUT2D eigenvalue weighted by molar-refractivity contribution is 7.89. The van der Waals surface area contributed by atoms with Gasteiger partial charge in [0.25, 0.3) is 0 Å². The zero-order valence-corrected chi connectivity index (χ0v) is 20.0. The molecule has 0 saturated carbocycles. The van der Waals surface area contributed by atoms with Crippen molar-refractivity contribution in [3.05, 3.63) is 82.4 Å². The summed E-state index contributed by atoms with van der Waals surface area (Å²) in [4.78, 5) is 13.5. The highest BCUT2D eigenvalue weighted by Crippen LogP contribution is 2.38. The zero-order chi connectivity index (χ0) is 27.0. The molecule has 4 aromatic rings. The van der Waals surface area contributed by atoms with Gasteiger partial charge >= 0.3 is 12.1 Å². The number of alkyl halides is 3. The van der Waals surface area contributed by atoms with Crippen molar-refractivity contribution >= 4 is 49.9 Å². The number of hydrogen-bond donors (Lipinski definition) is 4. The molecule has 0 bridgehead atoms. The summed E-state index contributed by atoms with van der Waals surface area (Å²) in [6.07, 6.45) is -4.70. The number of nitrogens with one attached hydrogen (secondary N) is 2. The molecule has 0 aliphatic carbocycles. The lowest BCUT2D eigenvalue weighted by atomic mass is 10.1. The summed E-state index contributed by atoms with van der Waals surface area (Å²) in [7, 11) is -4.20. The molecule has 1 aromatic heterocycles. The van der Waals surface area contributed by atoms with Gasteiger partial charge in [-0.15, -0.1) is 5.11 Å². The topological polar surface area (TPSA) is 144 Å². The Hall–Kier alpha value is -3.94. The predicted molar refractivity (Wildman–Crippen MR) is 128 cm³/mol. The van der Waals surface area contributed by atoms with Crippen LogP contribution in [0.3, 0.4) is 0 Å². The van der Waals surface area contributed by atoms with Crippen LogP contribution >= 0.6 is 11.6 Å². The van der Waals surface area contributed by atoms with Crippen LogP contribution < -0.4 is 4.72 Å². The van der Waals surface area contributed by atoms with Crippen LogP contribution in [0.4, 0.5) is 24.5 Å². The molecule has 0 fully saturated rings. The Kier molecular flexibility index (Phi) is 6.95. The normalized spacial score (nSPS) is 12.4. The molecule has 9 nitrogen and oxygen atoms in total. The predicted octanol–water partition coefficient (Wildman–Crippen LogP) is 6.14. The van der Waals surface area contributed by atoms with E-state index in [1.807, 2.05) is 0 Å². The maximum absolute atomic E-state index is 13.1. The molecule has 0 aliphatic rings. The van der Waals surface area contributed by atoms with E-state index in [1.165, 1.54) is 48.5 Å². The number of hydrogen-bond acceptors (Lipinski definition) is 6. The van der Waals surface area contributed by atoms with Crippen molar-refractivity contribution in [2.24, 2.45) is 10.2 Å². The fraction of sp³-hybridized carbons (Fsp3) is 0.0870. The molecule has 0 radical (unpaired) electrons. The molecular weight excluding hydrogens is 537 g/mol. The minimum atomic E-state index is -4.70. The van der Waals surface area contributed by atoms with Gasteiger partial charge in [-0.1, -0.05) is 23.7 Å². The van der Waals surface area contributed by atoms with E-state index in [0.29, 0.717) is 5.52 Å². The number of H-pyrrole nitrogens is 1. The summed E-state index contributed by atoms with van der Waals surface area (Å²) in [5.41, 5.74) is -0.655. The largest absolute Gasteiger partial charge is 0.493 e. The summed E-state index contributed by atoms with van der Waals surface area (Å²) in [6.45, 7) is -0.439. The van der Waals surface area contributed by atoms with E-state index in [9.17, 15) is 31.5 Å². The molecule has 37 heavy (non-hydrogen) atoms. The van der Waals surface area contributed by atoms with Gasteiger partial charge in [-0.3, -0.25) is 0 Å². The van der Waals surface area contributed by atoms with Crippen LogP contribution in [0, 0.1) is 0 Å². The number of carboxylic acid groups (broad SMARTS) is 1. The molecule has 1 heterocycles. The Morgan fingerprint density at radius 3 is 2.51 bits per heavy atom. The molecule has 14 heteroatoms. The van der Waals surface area contributed by atoms with Gasteiger partial charge in [0.2, 0.25) is 15.9 Å². The Morgan fingerprint density at radius 2 is 1.81 bits per heavy atom. The Morgan fingerprint density at radius 1 is 1.05 bits per heavy atom. The standard InChI is InChI=1S/C23H16ClF3N4O5S/c24-18-6-4-12(8-17(18)23(25,26)27)11-28-37(35,36)15-5-7-19-16(10-15)20(21(32)29-19)31-30-14-3-1-2-13(9-14)22(33)34/h1-10,28-29,32H,11H2,(H,33,34). The molecule has 0 amide bonds. The average molecular weight is 553 g/mol. The van der Waals surface area contributed by atoms with Crippen LogP contribution in [0.25, 0.3) is 10.9 Å². The number of carboxylic acids is 1. The van der Waals surface area contributed by atoms with Crippen LogP contribution in [0.1, 0.15) is 21.5 Å². The smallest absolute Gasteiger partial charge is 0.417 e. The Balaban J connectivity index is 1.61. The van der Waals surface area contributed by atoms with E-state index < -0.39 is 45.2 Å². The molecule has 192 valence electrons. The van der Waals surface area contributed by atoms with Crippen LogP contribution in [-0.4, -0.2) is 29.6 Å². The highest BCUT2D eigenvalue weighted by atomic mass is 35.5. The van der Waals surface area contributed by atoms with Gasteiger partial charge in [-0.05, 0) is 54.1 Å². The van der Waals surface area contributed by atoms with Crippen molar-refractivity contribution < 1.29 is 36.6 Å². The number of carbonyl (C=O) groups is 1. The van der Waals surface area contributed by atoms with Crippen molar-refractivity contribution in [2.45, 2.75) is 17.6 Å². The quantitative estimate of drug-likeness (QED) is 0.204. The number of azo groups is 1. The minimum Gasteiger partial charge on any atom is -0.493 e. The van der Waals surface area contributed by atoms with E-state index >= 15 is 0 Å². The van der Waals surface area contributed by atoms with Crippen molar-refractivity contribution in [1.29, 1.82) is 0 Å². The molecule has 4 rings (SSSR count). The summed E-state index contributed by atoms with van der Waals surface area (Å²) in [5.74, 6) is -1.57. The number of fused-ring (bicyclic) bond motifs is 1. The maximum atomic E-state index is 13.1. The van der Waals surface area contributed by atoms with Gasteiger partial charge in [-0.25, -0.2) is 17.9 Å². The van der Waals surface area contributed by atoms with Crippen LogP contribution in [0.15, 0.2) is 75.8 Å². The van der Waals surface area contributed by atoms with Gasteiger partial charge in [0.15, 0.2) is 5.69 Å². The number of aromatic nitrogens is 1. The third-order valence-electron chi connectivity index (χ3n) is 5.19. The zero-order valence-electron chi connectivity index (χ0n) is 18.4.